The third kappa shape index (κ3) is 10.8. The molecule has 0 atom stereocenters. The molecule has 14 rings (SSSR count). The van der Waals surface area contributed by atoms with Crippen LogP contribution in [0.5, 0.6) is 0 Å². The van der Waals surface area contributed by atoms with Gasteiger partial charge in [-0.3, -0.25) is 0 Å². The molecular formula is C79H50IrN3. The summed E-state index contributed by atoms with van der Waals surface area (Å²) in [5.41, 5.74) is 25.5. The van der Waals surface area contributed by atoms with Crippen LogP contribution in [0.15, 0.2) is 304 Å². The molecule has 0 radical (unpaired) electrons. The van der Waals surface area contributed by atoms with Crippen LogP contribution in [0.2, 0.25) is 0 Å². The summed E-state index contributed by atoms with van der Waals surface area (Å²) in [6, 6.07) is 112. The maximum atomic E-state index is 5.07. The molecule has 0 saturated carbocycles. The molecule has 0 aliphatic heterocycles. The SMILES string of the molecule is [Ir+3].[c-]1cc(-c2ccccc2-c2cc(-c3ccccc3-c3c[c-]c(-c4ccccn4)cc3)cc(-c3ccccc3-c3c[c-]c(-c4cc5cc(-c6ccccc6)ccc5cn4)cc3-c3ccc(-c4ccccc4)cc3)c2)ccc1-c1ccccn1. The van der Waals surface area contributed by atoms with E-state index in [0.717, 1.165) is 128 Å². The second kappa shape index (κ2) is 23.5. The molecule has 14 aromatic rings. The molecule has 0 aliphatic carbocycles. The van der Waals surface area contributed by atoms with Gasteiger partial charge in [-0.05, 0) is 125 Å². The summed E-state index contributed by atoms with van der Waals surface area (Å²) in [6.07, 6.45) is 5.63. The molecule has 0 saturated heterocycles. The first-order valence-electron chi connectivity index (χ1n) is 27.6. The van der Waals surface area contributed by atoms with Crippen molar-refractivity contribution in [1.82, 2.24) is 15.0 Å². The first-order chi connectivity index (χ1) is 40.6. The zero-order valence-corrected chi connectivity index (χ0v) is 47.4. The molecule has 0 fully saturated rings. The second-order valence-electron chi connectivity index (χ2n) is 20.5. The van der Waals surface area contributed by atoms with E-state index in [0.29, 0.717) is 0 Å². The van der Waals surface area contributed by atoms with E-state index in [1.54, 1.807) is 0 Å². The van der Waals surface area contributed by atoms with Gasteiger partial charge in [0.1, 0.15) is 0 Å². The zero-order chi connectivity index (χ0) is 54.6. The minimum atomic E-state index is 0. The number of aromatic nitrogens is 3. The van der Waals surface area contributed by atoms with Crippen molar-refractivity contribution in [3.8, 4) is 134 Å². The molecule has 0 spiro atoms. The smallest absolute Gasteiger partial charge is 0.305 e. The quantitative estimate of drug-likeness (QED) is 0.114. The van der Waals surface area contributed by atoms with Gasteiger partial charge < -0.3 is 15.0 Å². The van der Waals surface area contributed by atoms with E-state index >= 15 is 0 Å². The van der Waals surface area contributed by atoms with Crippen molar-refractivity contribution >= 4 is 10.8 Å². The molecule has 0 unspecified atom stereocenters. The fourth-order valence-electron chi connectivity index (χ4n) is 11.3. The van der Waals surface area contributed by atoms with Crippen LogP contribution in [-0.4, -0.2) is 15.0 Å². The van der Waals surface area contributed by atoms with Crippen molar-refractivity contribution < 1.29 is 20.1 Å². The molecule has 3 aromatic heterocycles. The predicted octanol–water partition coefficient (Wildman–Crippen LogP) is 20.4. The summed E-state index contributed by atoms with van der Waals surface area (Å²) in [5, 5.41) is 2.22. The number of hydrogen-bond donors (Lipinski definition) is 0. The molecule has 3 heterocycles. The maximum Gasteiger partial charge on any atom is 3.00 e. The summed E-state index contributed by atoms with van der Waals surface area (Å²) in [7, 11) is 0. The van der Waals surface area contributed by atoms with Gasteiger partial charge in [0, 0.05) is 18.6 Å². The van der Waals surface area contributed by atoms with Crippen molar-refractivity contribution in [2.75, 3.05) is 0 Å². The fourth-order valence-corrected chi connectivity index (χ4v) is 11.3. The summed E-state index contributed by atoms with van der Waals surface area (Å²) < 4.78 is 0. The topological polar surface area (TPSA) is 38.7 Å². The van der Waals surface area contributed by atoms with Crippen LogP contribution >= 0.6 is 0 Å². The molecule has 0 amide bonds. The van der Waals surface area contributed by atoms with Gasteiger partial charge in [0.05, 0.1) is 0 Å². The Kier molecular flexibility index (Phi) is 14.8. The van der Waals surface area contributed by atoms with E-state index in [9.17, 15) is 0 Å². The molecule has 83 heavy (non-hydrogen) atoms. The average Bonchev–Trinajstić information content (AvgIpc) is 3.61. The first-order valence-corrected chi connectivity index (χ1v) is 27.6. The number of nitrogens with zero attached hydrogens (tertiary/aromatic N) is 3. The fraction of sp³-hybridized carbons (Fsp3) is 0. The molecule has 390 valence electrons. The Hall–Kier alpha value is -10.2. The molecule has 11 aromatic carbocycles. The molecule has 0 aliphatic rings. The van der Waals surface area contributed by atoms with Gasteiger partial charge in [0.25, 0.3) is 0 Å². The van der Waals surface area contributed by atoms with E-state index < -0.39 is 0 Å². The Balaban J connectivity index is 0.00000645. The van der Waals surface area contributed by atoms with Crippen LogP contribution in [0, 0.1) is 18.2 Å². The van der Waals surface area contributed by atoms with Crippen molar-refractivity contribution in [1.29, 1.82) is 0 Å². The zero-order valence-electron chi connectivity index (χ0n) is 45.0. The first kappa shape index (κ1) is 52.2. The third-order valence-corrected chi connectivity index (χ3v) is 15.4. The van der Waals surface area contributed by atoms with Gasteiger partial charge in [-0.15, -0.1) is 83.4 Å². The van der Waals surface area contributed by atoms with E-state index in [4.69, 9.17) is 4.98 Å². The van der Waals surface area contributed by atoms with Crippen molar-refractivity contribution in [3.63, 3.8) is 0 Å². The van der Waals surface area contributed by atoms with Gasteiger partial charge >= 0.3 is 20.1 Å². The number of rotatable bonds is 12. The summed E-state index contributed by atoms with van der Waals surface area (Å²) in [5.74, 6) is 0. The third-order valence-electron chi connectivity index (χ3n) is 15.4. The van der Waals surface area contributed by atoms with Crippen LogP contribution in [0.3, 0.4) is 0 Å². The maximum absolute atomic E-state index is 5.07. The van der Waals surface area contributed by atoms with Crippen LogP contribution in [0.1, 0.15) is 0 Å². The minimum absolute atomic E-state index is 0. The number of benzene rings is 11. The molecular weight excluding hydrogens is 1180 g/mol. The molecule has 4 heteroatoms. The summed E-state index contributed by atoms with van der Waals surface area (Å²) in [4.78, 5) is 14.3. The molecule has 3 nitrogen and oxygen atoms in total. The molecule has 0 bridgehead atoms. The van der Waals surface area contributed by atoms with Gasteiger partial charge in [0.15, 0.2) is 0 Å². The van der Waals surface area contributed by atoms with Crippen LogP contribution in [0.4, 0.5) is 0 Å². The van der Waals surface area contributed by atoms with Crippen LogP contribution < -0.4 is 0 Å². The van der Waals surface area contributed by atoms with Crippen molar-refractivity contribution in [2.24, 2.45) is 0 Å². The van der Waals surface area contributed by atoms with E-state index in [1.807, 2.05) is 55.0 Å². The Morgan fingerprint density at radius 3 is 1.14 bits per heavy atom. The Morgan fingerprint density at radius 2 is 0.639 bits per heavy atom. The number of hydrogen-bond acceptors (Lipinski definition) is 3. The summed E-state index contributed by atoms with van der Waals surface area (Å²) in [6.45, 7) is 0. The van der Waals surface area contributed by atoms with E-state index in [2.05, 4.69) is 277 Å². The minimum Gasteiger partial charge on any atom is -0.305 e. The summed E-state index contributed by atoms with van der Waals surface area (Å²) >= 11 is 0. The van der Waals surface area contributed by atoms with Gasteiger partial charge in [-0.25, -0.2) is 0 Å². The standard InChI is InChI=1S/C79H50N3.Ir/c1-3-17-54(18-4-1)56-29-31-59(32-30-56)76-51-63(79-52-65-47-62(41-42-64(65)53-82-79)55-19-5-2-6-20-55)43-44-75(76)74-26-12-11-25-73(74)68-49-66(71-23-9-7-21-69(71)57-33-37-60(38-34-57)77-27-13-15-45-80-77)48-67(50-68)72-24-10-8-22-70(72)58-35-39-61(40-36-58)78-28-14-16-46-81-78;/h1-37,39,41-42,44-53H;/q-3;+3. The normalized spacial score (nSPS) is 11.0. The van der Waals surface area contributed by atoms with Crippen LogP contribution in [0.25, 0.3) is 145 Å². The Morgan fingerprint density at radius 1 is 0.217 bits per heavy atom. The number of fused-ring (bicyclic) bond motifs is 1. The second-order valence-corrected chi connectivity index (χ2v) is 20.5. The monoisotopic (exact) mass is 1230 g/mol. The van der Waals surface area contributed by atoms with E-state index in [-0.39, 0.29) is 20.1 Å². The Bertz CT molecular complexity index is 4420. The van der Waals surface area contributed by atoms with Gasteiger partial charge in [0.2, 0.25) is 0 Å². The van der Waals surface area contributed by atoms with Crippen molar-refractivity contribution in [3.05, 3.63) is 322 Å². The predicted molar refractivity (Wildman–Crippen MR) is 339 cm³/mol. The molecule has 0 N–H and O–H groups in total. The van der Waals surface area contributed by atoms with Crippen LogP contribution in [-0.2, 0) is 20.1 Å². The largest absolute Gasteiger partial charge is 3.00 e. The van der Waals surface area contributed by atoms with Crippen molar-refractivity contribution in [2.45, 2.75) is 0 Å². The average molecular weight is 1230 g/mol. The Labute approximate surface area is 498 Å². The van der Waals surface area contributed by atoms with Gasteiger partial charge in [-0.1, -0.05) is 239 Å². The van der Waals surface area contributed by atoms with E-state index in [1.165, 1.54) is 16.7 Å². The van der Waals surface area contributed by atoms with Gasteiger partial charge in [-0.2, -0.15) is 0 Å². The number of pyridine rings is 3.